The van der Waals surface area contributed by atoms with E-state index in [1.807, 2.05) is 43.9 Å². The number of aromatic amines is 1. The summed E-state index contributed by atoms with van der Waals surface area (Å²) in [6, 6.07) is 5.99. The standard InChI is InChI=1S/C23H27N7O/c1-15-9-16(2)28-23(27-15)29-20-10-17(3)26-21(11-20)18-5-4-8-30(13-18)22(31)7-6-19-12-24-14-25-19/h6-7,9-12,14,18H,4-5,8,13H2,1-3H3,(H,24,25)(H,26,27,28,29)/b7-6+/t18-/m1/s1. The van der Waals surface area contributed by atoms with Gasteiger partial charge in [-0.2, -0.15) is 0 Å². The van der Waals surface area contributed by atoms with Crippen LogP contribution in [0, 0.1) is 20.8 Å². The molecule has 1 saturated heterocycles. The van der Waals surface area contributed by atoms with Gasteiger partial charge in [0, 0.05) is 53.5 Å². The number of H-pyrrole nitrogens is 1. The maximum atomic E-state index is 12.7. The van der Waals surface area contributed by atoms with Crippen molar-refractivity contribution in [3.63, 3.8) is 0 Å². The molecule has 8 heteroatoms. The Morgan fingerprint density at radius 3 is 2.65 bits per heavy atom. The van der Waals surface area contributed by atoms with Crippen molar-refractivity contribution in [2.45, 2.75) is 39.5 Å². The number of hydrogen-bond acceptors (Lipinski definition) is 6. The number of rotatable bonds is 5. The molecule has 31 heavy (non-hydrogen) atoms. The summed E-state index contributed by atoms with van der Waals surface area (Å²) in [5, 5.41) is 3.31. The Hall–Kier alpha value is -3.55. The van der Waals surface area contributed by atoms with Gasteiger partial charge in [0.15, 0.2) is 0 Å². The van der Waals surface area contributed by atoms with E-state index in [-0.39, 0.29) is 11.8 Å². The number of nitrogens with zero attached hydrogens (tertiary/aromatic N) is 5. The van der Waals surface area contributed by atoms with Crippen molar-refractivity contribution < 1.29 is 4.79 Å². The largest absolute Gasteiger partial charge is 0.345 e. The number of likely N-dealkylation sites (tertiary alicyclic amines) is 1. The van der Waals surface area contributed by atoms with Crippen molar-refractivity contribution in [3.8, 4) is 0 Å². The Bertz CT molecular complexity index is 1070. The van der Waals surface area contributed by atoms with Crippen LogP contribution in [0.2, 0.25) is 0 Å². The number of aryl methyl sites for hydroxylation is 3. The van der Waals surface area contributed by atoms with Crippen molar-refractivity contribution in [1.29, 1.82) is 0 Å². The molecule has 1 fully saturated rings. The second-order valence-electron chi connectivity index (χ2n) is 7.99. The van der Waals surface area contributed by atoms with E-state index in [1.165, 1.54) is 0 Å². The monoisotopic (exact) mass is 417 g/mol. The minimum absolute atomic E-state index is 0.00828. The third-order valence-corrected chi connectivity index (χ3v) is 5.29. The van der Waals surface area contributed by atoms with Crippen molar-refractivity contribution in [2.24, 2.45) is 0 Å². The van der Waals surface area contributed by atoms with Gasteiger partial charge >= 0.3 is 0 Å². The molecule has 0 aliphatic carbocycles. The van der Waals surface area contributed by atoms with Crippen molar-refractivity contribution in [2.75, 3.05) is 18.4 Å². The normalized spacial score (nSPS) is 16.6. The summed E-state index contributed by atoms with van der Waals surface area (Å²) >= 11 is 0. The lowest BCUT2D eigenvalue weighted by molar-refractivity contribution is -0.127. The highest BCUT2D eigenvalue weighted by atomic mass is 16.2. The number of carbonyl (C=O) groups excluding carboxylic acids is 1. The van der Waals surface area contributed by atoms with Gasteiger partial charge in [-0.15, -0.1) is 0 Å². The van der Waals surface area contributed by atoms with Gasteiger partial charge in [-0.05, 0) is 57.9 Å². The summed E-state index contributed by atoms with van der Waals surface area (Å²) in [7, 11) is 0. The van der Waals surface area contributed by atoms with Crippen LogP contribution in [0.3, 0.4) is 0 Å². The number of nitrogens with one attached hydrogen (secondary N) is 2. The Labute approximate surface area is 181 Å². The van der Waals surface area contributed by atoms with Gasteiger partial charge in [0.1, 0.15) is 0 Å². The fourth-order valence-corrected chi connectivity index (χ4v) is 3.93. The van der Waals surface area contributed by atoms with Gasteiger partial charge in [-0.3, -0.25) is 9.78 Å². The van der Waals surface area contributed by atoms with Crippen LogP contribution < -0.4 is 5.32 Å². The van der Waals surface area contributed by atoms with E-state index in [1.54, 1.807) is 24.7 Å². The fraction of sp³-hybridized carbons (Fsp3) is 0.348. The van der Waals surface area contributed by atoms with E-state index >= 15 is 0 Å². The summed E-state index contributed by atoms with van der Waals surface area (Å²) in [6.45, 7) is 7.31. The Morgan fingerprint density at radius 1 is 1.13 bits per heavy atom. The number of piperidine rings is 1. The van der Waals surface area contributed by atoms with E-state index in [9.17, 15) is 4.79 Å². The topological polar surface area (TPSA) is 99.7 Å². The summed E-state index contributed by atoms with van der Waals surface area (Å²) in [5.74, 6) is 0.784. The van der Waals surface area contributed by atoms with Gasteiger partial charge in [-0.1, -0.05) is 0 Å². The quantitative estimate of drug-likeness (QED) is 0.614. The van der Waals surface area contributed by atoms with Crippen LogP contribution in [0.5, 0.6) is 0 Å². The Kier molecular flexibility index (Phi) is 6.06. The molecule has 160 valence electrons. The molecule has 1 amide bonds. The molecule has 1 aliphatic rings. The van der Waals surface area contributed by atoms with Crippen LogP contribution >= 0.6 is 0 Å². The molecule has 8 nitrogen and oxygen atoms in total. The molecule has 0 saturated carbocycles. The lowest BCUT2D eigenvalue weighted by Crippen LogP contribution is -2.38. The first-order valence-electron chi connectivity index (χ1n) is 10.5. The van der Waals surface area contributed by atoms with Crippen LogP contribution in [-0.4, -0.2) is 48.8 Å². The predicted octanol–water partition coefficient (Wildman–Crippen LogP) is 3.68. The van der Waals surface area contributed by atoms with E-state index in [0.29, 0.717) is 12.5 Å². The number of hydrogen-bond donors (Lipinski definition) is 2. The first-order chi connectivity index (χ1) is 15.0. The Balaban J connectivity index is 1.48. The average molecular weight is 418 g/mol. The summed E-state index contributed by atoms with van der Waals surface area (Å²) in [5.41, 5.74) is 5.48. The zero-order valence-corrected chi connectivity index (χ0v) is 18.1. The zero-order valence-electron chi connectivity index (χ0n) is 18.1. The molecule has 1 aliphatic heterocycles. The SMILES string of the molecule is Cc1cc(Nc2nc(C)cc(C)n2)cc([C@@H]2CCCN(C(=O)/C=C/c3cnc[nH]3)C2)n1. The van der Waals surface area contributed by atoms with Crippen LogP contribution in [0.25, 0.3) is 6.08 Å². The second-order valence-corrected chi connectivity index (χ2v) is 7.99. The second kappa shape index (κ2) is 9.07. The van der Waals surface area contributed by atoms with E-state index in [0.717, 1.165) is 53.5 Å². The maximum absolute atomic E-state index is 12.7. The van der Waals surface area contributed by atoms with Gasteiger partial charge in [0.05, 0.1) is 18.2 Å². The molecule has 4 heterocycles. The zero-order chi connectivity index (χ0) is 21.8. The minimum Gasteiger partial charge on any atom is -0.345 e. The van der Waals surface area contributed by atoms with Gasteiger partial charge in [0.25, 0.3) is 0 Å². The molecule has 3 aromatic heterocycles. The molecule has 0 aromatic carbocycles. The van der Waals surface area contributed by atoms with Gasteiger partial charge in [0.2, 0.25) is 11.9 Å². The molecule has 4 rings (SSSR count). The van der Waals surface area contributed by atoms with Crippen molar-refractivity contribution >= 4 is 23.6 Å². The highest BCUT2D eigenvalue weighted by Gasteiger charge is 2.25. The molecule has 0 bridgehead atoms. The number of amides is 1. The summed E-state index contributed by atoms with van der Waals surface area (Å²) < 4.78 is 0. The predicted molar refractivity (Wildman–Crippen MR) is 120 cm³/mol. The molecule has 2 N–H and O–H groups in total. The van der Waals surface area contributed by atoms with Crippen LogP contribution in [0.15, 0.2) is 36.8 Å². The molecule has 1 atom stereocenters. The molecular weight excluding hydrogens is 390 g/mol. The third kappa shape index (κ3) is 5.33. The number of carbonyl (C=O) groups is 1. The summed E-state index contributed by atoms with van der Waals surface area (Å²) in [6.07, 6.45) is 8.60. The average Bonchev–Trinajstić information content (AvgIpc) is 3.24. The molecule has 3 aromatic rings. The molecule has 0 unspecified atom stereocenters. The minimum atomic E-state index is 0.00828. The highest BCUT2D eigenvalue weighted by molar-refractivity contribution is 5.91. The Morgan fingerprint density at radius 2 is 1.90 bits per heavy atom. The third-order valence-electron chi connectivity index (χ3n) is 5.29. The molecular formula is C23H27N7O. The number of anilines is 2. The van der Waals surface area contributed by atoms with Crippen LogP contribution in [-0.2, 0) is 4.79 Å². The van der Waals surface area contributed by atoms with E-state index < -0.39 is 0 Å². The smallest absolute Gasteiger partial charge is 0.246 e. The van der Waals surface area contributed by atoms with Crippen LogP contribution in [0.4, 0.5) is 11.6 Å². The van der Waals surface area contributed by atoms with Crippen molar-refractivity contribution in [3.05, 3.63) is 65.3 Å². The molecule has 0 spiro atoms. The number of imidazole rings is 1. The first kappa shape index (κ1) is 20.7. The van der Waals surface area contributed by atoms with Gasteiger partial charge < -0.3 is 15.2 Å². The number of aromatic nitrogens is 5. The fourth-order valence-electron chi connectivity index (χ4n) is 3.93. The molecule has 0 radical (unpaired) electrons. The lowest BCUT2D eigenvalue weighted by atomic mass is 9.93. The maximum Gasteiger partial charge on any atom is 0.246 e. The van der Waals surface area contributed by atoms with Crippen molar-refractivity contribution in [1.82, 2.24) is 29.8 Å². The van der Waals surface area contributed by atoms with Crippen LogP contribution in [0.1, 0.15) is 47.2 Å². The lowest BCUT2D eigenvalue weighted by Gasteiger charge is -2.32. The van der Waals surface area contributed by atoms with E-state index in [4.69, 9.17) is 4.98 Å². The van der Waals surface area contributed by atoms with E-state index in [2.05, 4.69) is 25.3 Å². The highest BCUT2D eigenvalue weighted by Crippen LogP contribution is 2.28. The first-order valence-corrected chi connectivity index (χ1v) is 10.5. The van der Waals surface area contributed by atoms with Gasteiger partial charge in [-0.25, -0.2) is 15.0 Å². The summed E-state index contributed by atoms with van der Waals surface area (Å²) in [4.78, 5) is 35.2. The number of pyridine rings is 1.